The summed E-state index contributed by atoms with van der Waals surface area (Å²) >= 11 is 8.62. The van der Waals surface area contributed by atoms with Crippen LogP contribution in [0.15, 0.2) is 35.2 Å². The highest BCUT2D eigenvalue weighted by atomic mass is 35.5. The molecule has 0 spiro atoms. The third-order valence-electron chi connectivity index (χ3n) is 6.38. The summed E-state index contributed by atoms with van der Waals surface area (Å²) < 4.78 is 11.6. The zero-order chi connectivity index (χ0) is 22.4. The fraction of sp³-hybridized carbons (Fsp3) is 0.500. The van der Waals surface area contributed by atoms with Crippen LogP contribution in [0.2, 0.25) is 5.02 Å². The van der Waals surface area contributed by atoms with E-state index in [0.29, 0.717) is 35.8 Å². The van der Waals surface area contributed by atoms with E-state index in [4.69, 9.17) is 21.1 Å². The quantitative estimate of drug-likeness (QED) is 0.506. The molecule has 8 heteroatoms. The summed E-state index contributed by atoms with van der Waals surface area (Å²) in [7, 11) is 0. The van der Waals surface area contributed by atoms with E-state index < -0.39 is 37.1 Å². The summed E-state index contributed by atoms with van der Waals surface area (Å²) in [5, 5.41) is 42.0. The molecule has 1 saturated heterocycles. The van der Waals surface area contributed by atoms with Crippen molar-refractivity contribution in [1.29, 1.82) is 0 Å². The van der Waals surface area contributed by atoms with Gasteiger partial charge in [0.05, 0.1) is 18.2 Å². The molecule has 172 valence electrons. The minimum Gasteiger partial charge on any atom is -0.491 e. The molecule has 3 aliphatic rings. The van der Waals surface area contributed by atoms with Crippen molar-refractivity contribution in [2.24, 2.45) is 0 Å². The van der Waals surface area contributed by atoms with Gasteiger partial charge in [0.1, 0.15) is 36.3 Å². The molecule has 5 rings (SSSR count). The predicted molar refractivity (Wildman–Crippen MR) is 121 cm³/mol. The first-order valence-electron chi connectivity index (χ1n) is 11.0. The summed E-state index contributed by atoms with van der Waals surface area (Å²) in [5.41, 5.74) is 3.44. The number of aliphatic hydroxyl groups is 4. The molecular formula is C24H27ClO6S. The maximum atomic E-state index is 10.7. The molecule has 1 unspecified atom stereocenters. The Morgan fingerprint density at radius 2 is 1.78 bits per heavy atom. The predicted octanol–water partition coefficient (Wildman–Crippen LogP) is 2.64. The number of rotatable bonds is 6. The van der Waals surface area contributed by atoms with Crippen molar-refractivity contribution in [2.75, 3.05) is 13.2 Å². The summed E-state index contributed by atoms with van der Waals surface area (Å²) in [6, 6.07) is 10.4. The molecule has 2 fully saturated rings. The highest BCUT2D eigenvalue weighted by Gasteiger charge is 2.45. The number of aliphatic hydroxyl groups excluding tert-OH is 4. The van der Waals surface area contributed by atoms with Crippen molar-refractivity contribution in [3.05, 3.63) is 57.6 Å². The molecule has 2 heterocycles. The van der Waals surface area contributed by atoms with Crippen LogP contribution in [0, 0.1) is 0 Å². The molecule has 0 radical (unpaired) electrons. The van der Waals surface area contributed by atoms with E-state index in [0.717, 1.165) is 21.9 Å². The van der Waals surface area contributed by atoms with Crippen molar-refractivity contribution in [2.45, 2.75) is 66.3 Å². The maximum absolute atomic E-state index is 10.7. The Morgan fingerprint density at radius 1 is 1.03 bits per heavy atom. The van der Waals surface area contributed by atoms with E-state index in [-0.39, 0.29) is 0 Å². The molecule has 6 nitrogen and oxygen atoms in total. The van der Waals surface area contributed by atoms with Crippen molar-refractivity contribution in [3.63, 3.8) is 0 Å². The van der Waals surface area contributed by atoms with Gasteiger partial charge >= 0.3 is 0 Å². The normalized spacial score (nSPS) is 29.6. The van der Waals surface area contributed by atoms with Gasteiger partial charge in [-0.25, -0.2) is 0 Å². The van der Waals surface area contributed by atoms with Crippen LogP contribution >= 0.6 is 23.4 Å². The summed E-state index contributed by atoms with van der Waals surface area (Å²) in [4.78, 5) is 1.27. The average molecular weight is 479 g/mol. The van der Waals surface area contributed by atoms with Gasteiger partial charge in [0.15, 0.2) is 0 Å². The first-order valence-corrected chi connectivity index (χ1v) is 12.2. The Balaban J connectivity index is 1.46. The van der Waals surface area contributed by atoms with E-state index in [9.17, 15) is 20.4 Å². The van der Waals surface area contributed by atoms with Gasteiger partial charge in [0, 0.05) is 22.1 Å². The maximum Gasteiger partial charge on any atom is 0.141 e. The lowest BCUT2D eigenvalue weighted by Crippen LogP contribution is -2.55. The molecule has 0 bridgehead atoms. The van der Waals surface area contributed by atoms with Gasteiger partial charge in [0.25, 0.3) is 0 Å². The lowest BCUT2D eigenvalue weighted by molar-refractivity contribution is -0.231. The van der Waals surface area contributed by atoms with E-state index >= 15 is 0 Å². The molecule has 1 saturated carbocycles. The van der Waals surface area contributed by atoms with Crippen molar-refractivity contribution in [3.8, 4) is 5.75 Å². The molecule has 5 atom stereocenters. The molecule has 1 aliphatic carbocycles. The Bertz CT molecular complexity index is 977. The van der Waals surface area contributed by atoms with Crippen LogP contribution in [0.3, 0.4) is 0 Å². The van der Waals surface area contributed by atoms with Gasteiger partial charge in [-0.15, -0.1) is 11.8 Å². The number of benzene rings is 2. The van der Waals surface area contributed by atoms with Gasteiger partial charge in [0.2, 0.25) is 0 Å². The van der Waals surface area contributed by atoms with Gasteiger partial charge < -0.3 is 29.9 Å². The largest absolute Gasteiger partial charge is 0.491 e. The SMILES string of the molecule is OC[C@H]1O[C@@H](c2cc(Cc3ccc(SC4CC4)cc3)c(Cl)c3c2CCO3)[C@H](O)[C@@H](O)C1O. The van der Waals surface area contributed by atoms with Crippen LogP contribution in [-0.2, 0) is 17.6 Å². The minimum absolute atomic E-state index is 0.466. The van der Waals surface area contributed by atoms with Crippen molar-refractivity contribution < 1.29 is 29.9 Å². The van der Waals surface area contributed by atoms with E-state index in [1.807, 2.05) is 17.8 Å². The number of fused-ring (bicyclic) bond motifs is 1. The fourth-order valence-corrected chi connectivity index (χ4v) is 5.78. The number of halogens is 1. The Morgan fingerprint density at radius 3 is 2.47 bits per heavy atom. The topological polar surface area (TPSA) is 99.4 Å². The Kier molecular flexibility index (Phi) is 6.42. The van der Waals surface area contributed by atoms with Crippen LogP contribution in [0.5, 0.6) is 5.75 Å². The Hall–Kier alpha value is -1.32. The fourth-order valence-electron chi connectivity index (χ4n) is 4.44. The third-order valence-corrected chi connectivity index (χ3v) is 8.14. The van der Waals surface area contributed by atoms with Crippen LogP contribution < -0.4 is 4.74 Å². The highest BCUT2D eigenvalue weighted by Crippen LogP contribution is 2.45. The van der Waals surface area contributed by atoms with E-state index in [1.165, 1.54) is 17.7 Å². The van der Waals surface area contributed by atoms with Crippen LogP contribution in [0.1, 0.15) is 41.2 Å². The number of thioether (sulfide) groups is 1. The summed E-state index contributed by atoms with van der Waals surface area (Å²) in [6.45, 7) is 0.00180. The molecule has 0 amide bonds. The molecule has 2 aromatic carbocycles. The minimum atomic E-state index is -1.43. The van der Waals surface area contributed by atoms with Crippen LogP contribution in [0.4, 0.5) is 0 Å². The highest BCUT2D eigenvalue weighted by molar-refractivity contribution is 8.00. The van der Waals surface area contributed by atoms with Gasteiger partial charge in [-0.1, -0.05) is 29.8 Å². The molecular weight excluding hydrogens is 452 g/mol. The second kappa shape index (κ2) is 9.14. The van der Waals surface area contributed by atoms with Crippen LogP contribution in [-0.4, -0.2) is 63.3 Å². The number of hydrogen-bond acceptors (Lipinski definition) is 7. The monoisotopic (exact) mass is 478 g/mol. The molecule has 0 aromatic heterocycles. The van der Waals surface area contributed by atoms with Crippen molar-refractivity contribution >= 4 is 23.4 Å². The van der Waals surface area contributed by atoms with Gasteiger partial charge in [-0.05, 0) is 48.1 Å². The van der Waals surface area contributed by atoms with Crippen LogP contribution in [0.25, 0.3) is 0 Å². The molecule has 2 aromatic rings. The standard InChI is InChI=1S/C24H27ClO6S/c25-19-13(9-12-1-3-14(4-2-12)32-15-5-6-15)10-17(16-7-8-30-23(16)19)24-22(29)21(28)20(27)18(11-26)31-24/h1-4,10,15,18,20-22,24,26-29H,5-9,11H2/t18-,20?,21+,22-,24+/m1/s1. The molecule has 4 N–H and O–H groups in total. The molecule has 32 heavy (non-hydrogen) atoms. The molecule has 2 aliphatic heterocycles. The number of ether oxygens (including phenoxy) is 2. The van der Waals surface area contributed by atoms with E-state index in [1.54, 1.807) is 0 Å². The third kappa shape index (κ3) is 4.28. The first kappa shape index (κ1) is 22.5. The van der Waals surface area contributed by atoms with Gasteiger partial charge in [-0.3, -0.25) is 0 Å². The first-order chi connectivity index (χ1) is 15.5. The summed E-state index contributed by atoms with van der Waals surface area (Å²) in [5.74, 6) is 0.581. The van der Waals surface area contributed by atoms with Crippen molar-refractivity contribution in [1.82, 2.24) is 0 Å². The smallest absolute Gasteiger partial charge is 0.141 e. The lowest BCUT2D eigenvalue weighted by Gasteiger charge is -2.40. The summed E-state index contributed by atoms with van der Waals surface area (Å²) in [6.07, 6.45) is -2.28. The zero-order valence-corrected chi connectivity index (χ0v) is 19.1. The van der Waals surface area contributed by atoms with E-state index in [2.05, 4.69) is 24.3 Å². The Labute approximate surface area is 196 Å². The zero-order valence-electron chi connectivity index (χ0n) is 17.5. The lowest BCUT2D eigenvalue weighted by atomic mass is 9.87. The second-order valence-electron chi connectivity index (χ2n) is 8.73. The number of hydrogen-bond donors (Lipinski definition) is 4. The second-order valence-corrected chi connectivity index (χ2v) is 10.5. The van der Waals surface area contributed by atoms with Gasteiger partial charge in [-0.2, -0.15) is 0 Å². The average Bonchev–Trinajstić information content (AvgIpc) is 3.47.